The molecule has 170 valence electrons. The van der Waals surface area contributed by atoms with Gasteiger partial charge in [-0.25, -0.2) is 14.6 Å². The normalized spacial score (nSPS) is 19.4. The number of aryl methyl sites for hydroxylation is 1. The van der Waals surface area contributed by atoms with Gasteiger partial charge in [-0.3, -0.25) is 9.88 Å². The van der Waals surface area contributed by atoms with Crippen LogP contribution in [0.2, 0.25) is 0 Å². The lowest BCUT2D eigenvalue weighted by Gasteiger charge is -2.35. The maximum absolute atomic E-state index is 13.9. The first-order chi connectivity index (χ1) is 14.1. The topological polar surface area (TPSA) is 118 Å². The van der Waals surface area contributed by atoms with E-state index in [1.165, 1.54) is 5.01 Å². The Bertz CT molecular complexity index is 728. The molecule has 30 heavy (non-hydrogen) atoms. The van der Waals surface area contributed by atoms with Gasteiger partial charge < -0.3 is 25.4 Å². The van der Waals surface area contributed by atoms with Crippen molar-refractivity contribution in [3.8, 4) is 0 Å². The van der Waals surface area contributed by atoms with E-state index in [1.807, 2.05) is 6.92 Å². The molecule has 1 aliphatic rings. The number of nitrogens with zero attached hydrogens (tertiary/aromatic N) is 3. The van der Waals surface area contributed by atoms with Crippen LogP contribution >= 0.6 is 0 Å². The number of nitrogens with two attached hydrogens (primary N) is 2. The number of pyridine rings is 1. The molecule has 1 aromatic rings. The van der Waals surface area contributed by atoms with Gasteiger partial charge in [0.15, 0.2) is 0 Å². The van der Waals surface area contributed by atoms with E-state index in [1.54, 1.807) is 38.3 Å². The van der Waals surface area contributed by atoms with Crippen molar-refractivity contribution in [3.63, 3.8) is 0 Å². The summed E-state index contributed by atoms with van der Waals surface area (Å²) in [4.78, 5) is 17.1. The minimum Gasteiger partial charge on any atom is -0.395 e. The second kappa shape index (κ2) is 11.9. The number of methoxy groups -OCH3 is 1. The van der Waals surface area contributed by atoms with Crippen molar-refractivity contribution < 1.29 is 23.4 Å². The number of aldehydes is 1. The molecule has 8 nitrogen and oxygen atoms in total. The molecule has 1 aromatic heterocycles. The highest BCUT2D eigenvalue weighted by Crippen LogP contribution is 2.30. The van der Waals surface area contributed by atoms with Crippen LogP contribution in [0.3, 0.4) is 0 Å². The predicted molar refractivity (Wildman–Crippen MR) is 111 cm³/mol. The van der Waals surface area contributed by atoms with Crippen molar-refractivity contribution in [1.82, 2.24) is 14.9 Å². The third kappa shape index (κ3) is 7.28. The Morgan fingerprint density at radius 2 is 2.10 bits per heavy atom. The molecule has 0 aliphatic carbocycles. The molecule has 1 atom stereocenters. The van der Waals surface area contributed by atoms with E-state index >= 15 is 0 Å². The van der Waals surface area contributed by atoms with Crippen molar-refractivity contribution in [3.05, 3.63) is 34.8 Å². The summed E-state index contributed by atoms with van der Waals surface area (Å²) < 4.78 is 32.0. The third-order valence-corrected chi connectivity index (χ3v) is 4.66. The quantitative estimate of drug-likeness (QED) is 0.334. The number of carbonyl (C=O) groups is 1. The average molecular weight is 430 g/mol. The Morgan fingerprint density at radius 3 is 2.60 bits per heavy atom. The van der Waals surface area contributed by atoms with Gasteiger partial charge in [-0.1, -0.05) is 13.0 Å². The zero-order chi connectivity index (χ0) is 22.9. The maximum Gasteiger partial charge on any atom is 0.261 e. The van der Waals surface area contributed by atoms with Gasteiger partial charge in [0.2, 0.25) is 0 Å². The van der Waals surface area contributed by atoms with E-state index in [0.717, 1.165) is 11.3 Å². The van der Waals surface area contributed by atoms with Crippen LogP contribution < -0.4 is 11.6 Å². The summed E-state index contributed by atoms with van der Waals surface area (Å²) in [6.45, 7) is 1.79. The number of piperidine rings is 1. The number of halogens is 2. The zero-order valence-electron chi connectivity index (χ0n) is 18.1. The van der Waals surface area contributed by atoms with Crippen LogP contribution in [0.25, 0.3) is 5.70 Å². The van der Waals surface area contributed by atoms with E-state index in [4.69, 9.17) is 11.6 Å². The summed E-state index contributed by atoms with van der Waals surface area (Å²) in [6, 6.07) is 3.48. The van der Waals surface area contributed by atoms with Crippen LogP contribution in [0.4, 0.5) is 8.78 Å². The standard InChI is InChI=1S/C18H27F2N5O2.C2H6O/c1-3-14-13(8-25-7-12(9-26)6-18(19,20)11-25)4-5-15(23-14)17(21)16(10-27)24(2)22;1-3-2/h4-5,9,12,27H,3,6-8,10-11,21-22H2,1-2H3;1-2H3/b17-16-;. The number of carbonyl (C=O) groups excluding carboxylic acids is 1. The number of rotatable bonds is 7. The smallest absolute Gasteiger partial charge is 0.261 e. The SMILES string of the molecule is CCc1nc(/C(N)=C(\CO)N(C)N)ccc1CN1CC(C=O)CC(F)(F)C1.COC. The van der Waals surface area contributed by atoms with Gasteiger partial charge in [-0.2, -0.15) is 0 Å². The molecule has 0 spiro atoms. The summed E-state index contributed by atoms with van der Waals surface area (Å²) in [5.41, 5.74) is 8.66. The van der Waals surface area contributed by atoms with Crippen molar-refractivity contribution in [2.45, 2.75) is 32.2 Å². The number of likely N-dealkylation sites (tertiary alicyclic amines) is 1. The van der Waals surface area contributed by atoms with Crippen LogP contribution in [0.1, 0.15) is 30.3 Å². The van der Waals surface area contributed by atoms with Gasteiger partial charge in [0, 0.05) is 52.4 Å². The third-order valence-electron chi connectivity index (χ3n) is 4.66. The van der Waals surface area contributed by atoms with Crippen molar-refractivity contribution in [2.75, 3.05) is 41.0 Å². The number of aromatic nitrogens is 1. The molecule has 1 fully saturated rings. The van der Waals surface area contributed by atoms with Gasteiger partial charge in [0.05, 0.1) is 30.2 Å². The van der Waals surface area contributed by atoms with Crippen LogP contribution in [-0.2, 0) is 22.5 Å². The average Bonchev–Trinajstić information content (AvgIpc) is 2.67. The van der Waals surface area contributed by atoms with Gasteiger partial charge >= 0.3 is 0 Å². The van der Waals surface area contributed by atoms with Crippen LogP contribution in [0, 0.1) is 5.92 Å². The molecule has 1 saturated heterocycles. The number of alkyl halides is 2. The fourth-order valence-electron chi connectivity index (χ4n) is 3.35. The monoisotopic (exact) mass is 429 g/mol. The molecule has 2 rings (SSSR count). The van der Waals surface area contributed by atoms with E-state index in [2.05, 4.69) is 9.72 Å². The van der Waals surface area contributed by atoms with Crippen molar-refractivity contribution in [2.24, 2.45) is 17.5 Å². The summed E-state index contributed by atoms with van der Waals surface area (Å²) in [7, 11) is 4.81. The molecule has 0 radical (unpaired) electrons. The number of aliphatic hydroxyl groups is 1. The Morgan fingerprint density at radius 1 is 1.47 bits per heavy atom. The lowest BCUT2D eigenvalue weighted by atomic mass is 9.96. The molecule has 1 unspecified atom stereocenters. The fourth-order valence-corrected chi connectivity index (χ4v) is 3.35. The highest BCUT2D eigenvalue weighted by molar-refractivity contribution is 5.63. The predicted octanol–water partition coefficient (Wildman–Crippen LogP) is 0.988. The van der Waals surface area contributed by atoms with Crippen molar-refractivity contribution in [1.29, 1.82) is 0 Å². The van der Waals surface area contributed by atoms with E-state index in [0.29, 0.717) is 30.6 Å². The Labute approximate surface area is 176 Å². The molecule has 0 amide bonds. The number of hydrogen-bond acceptors (Lipinski definition) is 8. The second-order valence-electron chi connectivity index (χ2n) is 7.32. The first kappa shape index (κ1) is 25.9. The summed E-state index contributed by atoms with van der Waals surface area (Å²) in [6.07, 6.45) is 0.792. The van der Waals surface area contributed by atoms with Gasteiger partial charge in [-0.15, -0.1) is 0 Å². The van der Waals surface area contributed by atoms with Crippen LogP contribution in [0.15, 0.2) is 17.8 Å². The molecule has 5 N–H and O–H groups in total. The number of hydrogen-bond donors (Lipinski definition) is 3. The Kier molecular flexibility index (Phi) is 10.3. The number of hydrazine groups is 1. The second-order valence-corrected chi connectivity index (χ2v) is 7.32. The lowest BCUT2D eigenvalue weighted by Crippen LogP contribution is -2.47. The van der Waals surface area contributed by atoms with Gasteiger partial charge in [-0.05, 0) is 18.1 Å². The van der Waals surface area contributed by atoms with E-state index in [9.17, 15) is 18.7 Å². The zero-order valence-corrected chi connectivity index (χ0v) is 18.1. The molecule has 0 bridgehead atoms. The first-order valence-corrected chi connectivity index (χ1v) is 9.65. The summed E-state index contributed by atoms with van der Waals surface area (Å²) in [5.74, 6) is 2.12. The minimum absolute atomic E-state index is 0.259. The minimum atomic E-state index is -2.88. The summed E-state index contributed by atoms with van der Waals surface area (Å²) >= 11 is 0. The maximum atomic E-state index is 13.9. The number of likely N-dealkylation sites (N-methyl/N-ethyl adjacent to an activating group) is 1. The van der Waals surface area contributed by atoms with Gasteiger partial charge in [0.1, 0.15) is 6.29 Å². The molecule has 1 aliphatic heterocycles. The van der Waals surface area contributed by atoms with Gasteiger partial charge in [0.25, 0.3) is 5.92 Å². The molecule has 10 heteroatoms. The molecule has 0 aromatic carbocycles. The first-order valence-electron chi connectivity index (χ1n) is 9.65. The Balaban J connectivity index is 0.00000141. The van der Waals surface area contributed by atoms with E-state index < -0.39 is 18.3 Å². The van der Waals surface area contributed by atoms with Crippen LogP contribution in [-0.4, -0.2) is 73.2 Å². The fraction of sp³-hybridized carbons (Fsp3) is 0.600. The molecular weight excluding hydrogens is 396 g/mol. The number of ether oxygens (including phenoxy) is 1. The van der Waals surface area contributed by atoms with Crippen LogP contribution in [0.5, 0.6) is 0 Å². The largest absolute Gasteiger partial charge is 0.395 e. The van der Waals surface area contributed by atoms with Crippen molar-refractivity contribution >= 4 is 12.0 Å². The highest BCUT2D eigenvalue weighted by Gasteiger charge is 2.40. The summed E-state index contributed by atoms with van der Waals surface area (Å²) in [5, 5.41) is 10.7. The number of aliphatic hydroxyl groups excluding tert-OH is 1. The molecule has 2 heterocycles. The lowest BCUT2D eigenvalue weighted by molar-refractivity contribution is -0.124. The Hall–Kier alpha value is -2.14. The van der Waals surface area contributed by atoms with E-state index in [-0.39, 0.29) is 25.4 Å². The molecular formula is C20H33F2N5O3. The molecule has 0 saturated carbocycles. The highest BCUT2D eigenvalue weighted by atomic mass is 19.3.